The number of benzene rings is 1. The van der Waals surface area contributed by atoms with Crippen LogP contribution in [0.3, 0.4) is 0 Å². The van der Waals surface area contributed by atoms with Gasteiger partial charge in [-0.25, -0.2) is 0 Å². The second-order valence-electron chi connectivity index (χ2n) is 10.9. The topological polar surface area (TPSA) is 16.2 Å². The van der Waals surface area contributed by atoms with Crippen molar-refractivity contribution < 1.29 is 4.57 Å². The maximum atomic E-state index is 5.05. The molecule has 5 rings (SSSR count). The second kappa shape index (κ2) is 8.24. The molecular weight excluding hydrogens is 400 g/mol. The van der Waals surface area contributed by atoms with Crippen molar-refractivity contribution in [3.63, 3.8) is 0 Å². The molecule has 0 fully saturated rings. The van der Waals surface area contributed by atoms with Crippen molar-refractivity contribution in [2.45, 2.75) is 58.9 Å². The van der Waals surface area contributed by atoms with Gasteiger partial charge in [0, 0.05) is 29.3 Å². The molecule has 1 aromatic heterocycles. The van der Waals surface area contributed by atoms with Crippen LogP contribution >= 0.6 is 0 Å². The van der Waals surface area contributed by atoms with Crippen LogP contribution in [-0.4, -0.2) is 5.71 Å². The zero-order valence-corrected chi connectivity index (χ0v) is 20.6. The van der Waals surface area contributed by atoms with Crippen LogP contribution in [-0.2, 0) is 0 Å². The minimum atomic E-state index is 0.197. The highest BCUT2D eigenvalue weighted by Gasteiger charge is 2.50. The van der Waals surface area contributed by atoms with Crippen LogP contribution in [0.4, 0.5) is 0 Å². The van der Waals surface area contributed by atoms with Gasteiger partial charge in [-0.1, -0.05) is 65.1 Å². The van der Waals surface area contributed by atoms with Crippen molar-refractivity contribution >= 4 is 5.71 Å². The predicted molar refractivity (Wildman–Crippen MR) is 138 cm³/mol. The lowest BCUT2D eigenvalue weighted by atomic mass is 9.53. The Balaban J connectivity index is 1.62. The maximum Gasteiger partial charge on any atom is 0.213 e. The van der Waals surface area contributed by atoms with Crippen molar-refractivity contribution in [2.24, 2.45) is 28.2 Å². The molecule has 0 saturated heterocycles. The van der Waals surface area contributed by atoms with Crippen LogP contribution < -0.4 is 4.57 Å². The van der Waals surface area contributed by atoms with E-state index in [1.165, 1.54) is 35.2 Å². The van der Waals surface area contributed by atoms with Crippen molar-refractivity contribution in [1.29, 1.82) is 0 Å². The Morgan fingerprint density at radius 3 is 2.61 bits per heavy atom. The van der Waals surface area contributed by atoms with Crippen LogP contribution in [0.25, 0.3) is 11.3 Å². The highest BCUT2D eigenvalue weighted by atomic mass is 15.0. The summed E-state index contributed by atoms with van der Waals surface area (Å²) in [7, 11) is 0. The zero-order valence-electron chi connectivity index (χ0n) is 20.6. The summed E-state index contributed by atoms with van der Waals surface area (Å²) in [6.45, 7) is 18.1. The van der Waals surface area contributed by atoms with Crippen LogP contribution in [0.15, 0.2) is 90.2 Å². The molecule has 0 N–H and O–H groups in total. The molecule has 33 heavy (non-hydrogen) atoms. The third kappa shape index (κ3) is 3.46. The van der Waals surface area contributed by atoms with E-state index in [4.69, 9.17) is 4.99 Å². The van der Waals surface area contributed by atoms with Gasteiger partial charge in [-0.3, -0.25) is 4.99 Å². The molecule has 5 atom stereocenters. The minimum absolute atomic E-state index is 0.197. The smallest absolute Gasteiger partial charge is 0.213 e. The van der Waals surface area contributed by atoms with Crippen LogP contribution in [0, 0.1) is 23.2 Å². The summed E-state index contributed by atoms with van der Waals surface area (Å²) in [6, 6.07) is 15.9. The van der Waals surface area contributed by atoms with Crippen molar-refractivity contribution in [1.82, 2.24) is 0 Å². The van der Waals surface area contributed by atoms with E-state index in [-0.39, 0.29) is 5.41 Å². The van der Waals surface area contributed by atoms with E-state index >= 15 is 0 Å². The zero-order chi connectivity index (χ0) is 23.3. The number of fused-ring (bicyclic) bond motifs is 7. The van der Waals surface area contributed by atoms with E-state index in [2.05, 4.69) is 100 Å². The lowest BCUT2D eigenvalue weighted by molar-refractivity contribution is -0.718. The Morgan fingerprint density at radius 2 is 1.85 bits per heavy atom. The summed E-state index contributed by atoms with van der Waals surface area (Å²) >= 11 is 0. The third-order valence-electron chi connectivity index (χ3n) is 8.90. The number of hydrogen-bond acceptors (Lipinski definition) is 1. The maximum absolute atomic E-state index is 5.05. The molecule has 0 bridgehead atoms. The Morgan fingerprint density at radius 1 is 1.09 bits per heavy atom. The average Bonchev–Trinajstić information content (AvgIpc) is 2.81. The van der Waals surface area contributed by atoms with E-state index in [9.17, 15) is 0 Å². The SMILES string of the molecule is C=CC1=NC(=C)CC2C(CC[C@H]3C1=C[C@@]3(C)[C@@H](C)C(C)C)c1ccccc1-c1cccc[n+]12. The molecular formula is C31H37N2+. The number of rotatable bonds is 3. The van der Waals surface area contributed by atoms with Gasteiger partial charge in [0.15, 0.2) is 12.2 Å². The molecule has 0 amide bonds. The number of aromatic nitrogens is 1. The largest absolute Gasteiger partial charge is 0.254 e. The van der Waals surface area contributed by atoms with Crippen LogP contribution in [0.5, 0.6) is 0 Å². The van der Waals surface area contributed by atoms with Gasteiger partial charge in [-0.2, -0.15) is 4.57 Å². The van der Waals surface area contributed by atoms with Gasteiger partial charge in [0.05, 0.1) is 12.1 Å². The first kappa shape index (κ1) is 22.1. The number of allylic oxidation sites excluding steroid dienone is 4. The molecule has 170 valence electrons. The van der Waals surface area contributed by atoms with E-state index < -0.39 is 0 Å². The Bertz CT molecular complexity index is 1170. The number of nitrogens with zero attached hydrogens (tertiary/aromatic N) is 2. The molecule has 2 heteroatoms. The molecule has 1 aliphatic carbocycles. The molecule has 3 aliphatic rings. The first-order valence-electron chi connectivity index (χ1n) is 12.6. The highest BCUT2D eigenvalue weighted by Crippen LogP contribution is 2.56. The first-order valence-corrected chi connectivity index (χ1v) is 12.6. The molecule has 2 aliphatic heterocycles. The van der Waals surface area contributed by atoms with E-state index in [1.54, 1.807) is 0 Å². The van der Waals surface area contributed by atoms with E-state index in [1.807, 2.05) is 6.08 Å². The van der Waals surface area contributed by atoms with Crippen molar-refractivity contribution in [3.8, 4) is 11.3 Å². The standard InChI is InChI=1S/C31H37N2/c1-7-28-26-19-31(6,22(5)20(2)3)27(26)16-15-25-23-12-8-9-13-24(23)29-14-10-11-17-33(29)30(25)18-21(4)32-28/h7-14,17,19-20,22,25,27,30H,1,4,15-16,18H2,2-3,5-6H3/q+1/t22-,25?,27-,30?,31-/m0/s1. The normalized spacial score (nSPS) is 29.4. The molecule has 0 radical (unpaired) electrons. The number of pyridine rings is 1. The Hall–Kier alpha value is -2.74. The van der Waals surface area contributed by atoms with Crippen molar-refractivity contribution in [3.05, 3.63) is 90.8 Å². The van der Waals surface area contributed by atoms with Gasteiger partial charge < -0.3 is 0 Å². The van der Waals surface area contributed by atoms with E-state index in [0.29, 0.717) is 29.7 Å². The van der Waals surface area contributed by atoms with Gasteiger partial charge in [-0.05, 0) is 65.4 Å². The number of aliphatic imine (C=N–C) groups is 1. The molecule has 0 saturated carbocycles. The fraction of sp³-hybridized carbons (Fsp3) is 0.419. The summed E-state index contributed by atoms with van der Waals surface area (Å²) in [6.07, 6.45) is 9.89. The second-order valence-corrected chi connectivity index (χ2v) is 10.9. The monoisotopic (exact) mass is 437 g/mol. The van der Waals surface area contributed by atoms with Crippen molar-refractivity contribution in [2.75, 3.05) is 0 Å². The summed E-state index contributed by atoms with van der Waals surface area (Å²) in [5.41, 5.74) is 7.73. The van der Waals surface area contributed by atoms with Crippen LogP contribution in [0.1, 0.15) is 64.5 Å². The van der Waals surface area contributed by atoms with Gasteiger partial charge in [0.2, 0.25) is 5.69 Å². The van der Waals surface area contributed by atoms with Crippen LogP contribution in [0.2, 0.25) is 0 Å². The molecule has 2 nitrogen and oxygen atoms in total. The predicted octanol–water partition coefficient (Wildman–Crippen LogP) is 7.46. The van der Waals surface area contributed by atoms with Gasteiger partial charge in [0.1, 0.15) is 0 Å². The summed E-state index contributed by atoms with van der Waals surface area (Å²) < 4.78 is 2.48. The third-order valence-corrected chi connectivity index (χ3v) is 8.90. The Kier molecular flexibility index (Phi) is 5.51. The van der Waals surface area contributed by atoms with Gasteiger partial charge in [-0.15, -0.1) is 0 Å². The number of hydrogen-bond donors (Lipinski definition) is 0. The first-order chi connectivity index (χ1) is 15.8. The molecule has 2 unspecified atom stereocenters. The minimum Gasteiger partial charge on any atom is -0.254 e. The molecule has 2 aromatic rings. The lowest BCUT2D eigenvalue weighted by Crippen LogP contribution is -2.49. The molecule has 3 heterocycles. The molecule has 0 spiro atoms. The van der Waals surface area contributed by atoms with E-state index in [0.717, 1.165) is 17.8 Å². The summed E-state index contributed by atoms with van der Waals surface area (Å²) in [5.74, 6) is 2.23. The fourth-order valence-electron chi connectivity index (χ4n) is 6.71. The summed E-state index contributed by atoms with van der Waals surface area (Å²) in [4.78, 5) is 5.05. The highest BCUT2D eigenvalue weighted by molar-refractivity contribution is 6.10. The quantitative estimate of drug-likeness (QED) is 0.443. The summed E-state index contributed by atoms with van der Waals surface area (Å²) in [5, 5.41) is 0. The van der Waals surface area contributed by atoms with Gasteiger partial charge in [0.25, 0.3) is 0 Å². The fourth-order valence-corrected chi connectivity index (χ4v) is 6.71. The average molecular weight is 438 g/mol. The lowest BCUT2D eigenvalue weighted by Gasteiger charge is -2.51. The van der Waals surface area contributed by atoms with Gasteiger partial charge >= 0.3 is 0 Å². The Labute approximate surface area is 199 Å². The molecule has 1 aromatic carbocycles.